The molecule has 1 saturated carbocycles. The van der Waals surface area contributed by atoms with Crippen molar-refractivity contribution in [3.05, 3.63) is 23.8 Å². The van der Waals surface area contributed by atoms with Crippen molar-refractivity contribution in [2.24, 2.45) is 0 Å². The summed E-state index contributed by atoms with van der Waals surface area (Å²) in [5, 5.41) is 2.81. The van der Waals surface area contributed by atoms with Gasteiger partial charge >= 0.3 is 5.97 Å². The van der Waals surface area contributed by atoms with E-state index in [0.29, 0.717) is 17.9 Å². The molecule has 23 heavy (non-hydrogen) atoms. The second-order valence-electron chi connectivity index (χ2n) is 5.64. The topological polar surface area (TPSA) is 73.9 Å². The van der Waals surface area contributed by atoms with Gasteiger partial charge in [-0.05, 0) is 43.9 Å². The highest BCUT2D eigenvalue weighted by Gasteiger charge is 2.27. The van der Waals surface area contributed by atoms with Crippen LogP contribution in [0.1, 0.15) is 31.7 Å². The fraction of sp³-hybridized carbons (Fsp3) is 0.529. The Morgan fingerprint density at radius 2 is 1.78 bits per heavy atom. The van der Waals surface area contributed by atoms with Gasteiger partial charge in [0.2, 0.25) is 0 Å². The molecule has 1 aliphatic carbocycles. The summed E-state index contributed by atoms with van der Waals surface area (Å²) in [5.41, 5.74) is 0.910. The number of hydrogen-bond donors (Lipinski definition) is 1. The van der Waals surface area contributed by atoms with Gasteiger partial charge in [0.15, 0.2) is 6.10 Å². The number of ether oxygens (including phenoxy) is 3. The fourth-order valence-electron chi connectivity index (χ4n) is 2.11. The Kier molecular flexibility index (Phi) is 5.84. The van der Waals surface area contributed by atoms with Gasteiger partial charge in [-0.2, -0.15) is 0 Å². The second-order valence-corrected chi connectivity index (χ2v) is 5.64. The normalized spacial score (nSPS) is 14.7. The van der Waals surface area contributed by atoms with Gasteiger partial charge in [0, 0.05) is 18.5 Å². The van der Waals surface area contributed by atoms with E-state index < -0.39 is 12.1 Å². The van der Waals surface area contributed by atoms with E-state index in [1.54, 1.807) is 27.2 Å². The van der Waals surface area contributed by atoms with Gasteiger partial charge in [-0.3, -0.25) is 9.59 Å². The summed E-state index contributed by atoms with van der Waals surface area (Å²) in [6.45, 7) is 1.59. The summed E-state index contributed by atoms with van der Waals surface area (Å²) >= 11 is 0. The summed E-state index contributed by atoms with van der Waals surface area (Å²) in [6, 6.07) is 5.72. The monoisotopic (exact) mass is 321 g/mol. The SMILES string of the molecule is COc1cc(CCC(=O)OC(C)C(=O)NC2CC2)cc(OC)c1. The third-order valence-corrected chi connectivity index (χ3v) is 3.63. The average Bonchev–Trinajstić information content (AvgIpc) is 3.36. The van der Waals surface area contributed by atoms with E-state index in [1.165, 1.54) is 0 Å². The van der Waals surface area contributed by atoms with Crippen molar-refractivity contribution in [1.82, 2.24) is 5.32 Å². The molecule has 1 fully saturated rings. The maximum absolute atomic E-state index is 11.9. The number of nitrogens with one attached hydrogen (secondary N) is 1. The molecule has 0 heterocycles. The van der Waals surface area contributed by atoms with Crippen LogP contribution in [0.15, 0.2) is 18.2 Å². The van der Waals surface area contributed by atoms with E-state index in [4.69, 9.17) is 14.2 Å². The average molecular weight is 321 g/mol. The van der Waals surface area contributed by atoms with Gasteiger partial charge in [-0.1, -0.05) is 0 Å². The van der Waals surface area contributed by atoms with Gasteiger partial charge in [0.05, 0.1) is 14.2 Å². The molecule has 1 unspecified atom stereocenters. The Bertz CT molecular complexity index is 546. The van der Waals surface area contributed by atoms with Crippen LogP contribution < -0.4 is 14.8 Å². The molecule has 0 spiro atoms. The minimum Gasteiger partial charge on any atom is -0.497 e. The van der Waals surface area contributed by atoms with Crippen molar-refractivity contribution in [3.63, 3.8) is 0 Å². The minimum atomic E-state index is -0.761. The highest BCUT2D eigenvalue weighted by atomic mass is 16.5. The summed E-state index contributed by atoms with van der Waals surface area (Å²) in [6.07, 6.45) is 1.93. The van der Waals surface area contributed by atoms with E-state index in [-0.39, 0.29) is 18.4 Å². The van der Waals surface area contributed by atoms with Crippen LogP contribution in [0.2, 0.25) is 0 Å². The Morgan fingerprint density at radius 1 is 1.17 bits per heavy atom. The third kappa shape index (κ3) is 5.47. The molecule has 1 aliphatic rings. The first-order valence-corrected chi connectivity index (χ1v) is 7.73. The van der Waals surface area contributed by atoms with Crippen LogP contribution in [-0.2, 0) is 20.7 Å². The lowest BCUT2D eigenvalue weighted by molar-refractivity contribution is -0.154. The molecule has 1 atom stereocenters. The predicted molar refractivity (Wildman–Crippen MR) is 84.6 cm³/mol. The molecule has 0 radical (unpaired) electrons. The largest absolute Gasteiger partial charge is 0.497 e. The number of rotatable bonds is 8. The predicted octanol–water partition coefficient (Wildman–Crippen LogP) is 1.85. The number of carbonyl (C=O) groups is 2. The number of aryl methyl sites for hydroxylation is 1. The number of amides is 1. The molecule has 6 nitrogen and oxygen atoms in total. The van der Waals surface area contributed by atoms with E-state index in [9.17, 15) is 9.59 Å². The molecule has 6 heteroatoms. The number of hydrogen-bond acceptors (Lipinski definition) is 5. The number of carbonyl (C=O) groups excluding carboxylic acids is 2. The molecular formula is C17H23NO5. The Morgan fingerprint density at radius 3 is 2.30 bits per heavy atom. The van der Waals surface area contributed by atoms with E-state index >= 15 is 0 Å². The zero-order valence-corrected chi connectivity index (χ0v) is 13.8. The first kappa shape index (κ1) is 17.1. The highest BCUT2D eigenvalue weighted by molar-refractivity contribution is 5.83. The smallest absolute Gasteiger partial charge is 0.306 e. The zero-order chi connectivity index (χ0) is 16.8. The molecule has 0 aromatic heterocycles. The van der Waals surface area contributed by atoms with Gasteiger partial charge < -0.3 is 19.5 Å². The van der Waals surface area contributed by atoms with E-state index in [0.717, 1.165) is 18.4 Å². The fourth-order valence-corrected chi connectivity index (χ4v) is 2.11. The summed E-state index contributed by atoms with van der Waals surface area (Å²) in [4.78, 5) is 23.6. The molecule has 0 aliphatic heterocycles. The second kappa shape index (κ2) is 7.85. The molecule has 1 aromatic rings. The van der Waals surface area contributed by atoms with Crippen molar-refractivity contribution in [1.29, 1.82) is 0 Å². The van der Waals surface area contributed by atoms with Crippen molar-refractivity contribution in [3.8, 4) is 11.5 Å². The molecule has 1 amide bonds. The molecule has 126 valence electrons. The molecule has 0 saturated heterocycles. The standard InChI is InChI=1S/C17H23NO5/c1-11(17(20)18-13-5-6-13)23-16(19)7-4-12-8-14(21-2)10-15(9-12)22-3/h8-11,13H,4-7H2,1-3H3,(H,18,20). The van der Waals surface area contributed by atoms with Crippen LogP contribution in [0.3, 0.4) is 0 Å². The van der Waals surface area contributed by atoms with E-state index in [1.807, 2.05) is 12.1 Å². The van der Waals surface area contributed by atoms with Crippen molar-refractivity contribution in [2.75, 3.05) is 14.2 Å². The maximum atomic E-state index is 11.9. The molecule has 1 aromatic carbocycles. The van der Waals surface area contributed by atoms with Gasteiger partial charge in [-0.15, -0.1) is 0 Å². The van der Waals surface area contributed by atoms with Crippen LogP contribution in [0.4, 0.5) is 0 Å². The number of methoxy groups -OCH3 is 2. The minimum absolute atomic E-state index is 0.192. The van der Waals surface area contributed by atoms with Crippen molar-refractivity contribution >= 4 is 11.9 Å². The van der Waals surface area contributed by atoms with Gasteiger partial charge in [0.25, 0.3) is 5.91 Å². The third-order valence-electron chi connectivity index (χ3n) is 3.63. The zero-order valence-electron chi connectivity index (χ0n) is 13.8. The molecule has 2 rings (SSSR count). The van der Waals surface area contributed by atoms with Crippen LogP contribution >= 0.6 is 0 Å². The molecule has 0 bridgehead atoms. The summed E-state index contributed by atoms with van der Waals surface area (Å²) in [7, 11) is 3.15. The highest BCUT2D eigenvalue weighted by Crippen LogP contribution is 2.23. The summed E-state index contributed by atoms with van der Waals surface area (Å²) < 4.78 is 15.6. The lowest BCUT2D eigenvalue weighted by atomic mass is 10.1. The first-order chi connectivity index (χ1) is 11.0. The van der Waals surface area contributed by atoms with Crippen molar-refractivity contribution < 1.29 is 23.8 Å². The Hall–Kier alpha value is -2.24. The van der Waals surface area contributed by atoms with Crippen LogP contribution in [0.5, 0.6) is 11.5 Å². The van der Waals surface area contributed by atoms with Gasteiger partial charge in [0.1, 0.15) is 11.5 Å². The van der Waals surface area contributed by atoms with Crippen LogP contribution in [0, 0.1) is 0 Å². The Balaban J connectivity index is 1.82. The van der Waals surface area contributed by atoms with Crippen LogP contribution in [0.25, 0.3) is 0 Å². The first-order valence-electron chi connectivity index (χ1n) is 7.73. The van der Waals surface area contributed by atoms with Crippen molar-refractivity contribution in [2.45, 2.75) is 44.8 Å². The number of esters is 1. The lowest BCUT2D eigenvalue weighted by Gasteiger charge is -2.13. The Labute approximate surface area is 136 Å². The number of benzene rings is 1. The quantitative estimate of drug-likeness (QED) is 0.740. The van der Waals surface area contributed by atoms with Crippen LogP contribution in [-0.4, -0.2) is 38.2 Å². The molecular weight excluding hydrogens is 298 g/mol. The maximum Gasteiger partial charge on any atom is 0.306 e. The van der Waals surface area contributed by atoms with Gasteiger partial charge in [-0.25, -0.2) is 0 Å². The lowest BCUT2D eigenvalue weighted by Crippen LogP contribution is -2.37. The molecule has 1 N–H and O–H groups in total. The summed E-state index contributed by atoms with van der Waals surface area (Å²) in [5.74, 6) is 0.712. The van der Waals surface area contributed by atoms with E-state index in [2.05, 4.69) is 5.32 Å².